The lowest BCUT2D eigenvalue weighted by Gasteiger charge is -2.06. The Morgan fingerprint density at radius 3 is 2.16 bits per heavy atom. The van der Waals surface area contributed by atoms with Gasteiger partial charge in [0.1, 0.15) is 6.26 Å². The average Bonchev–Trinajstić information content (AvgIpc) is 2.34. The standard InChI is InChI=1S/C12H11NO6/c1-8(14)18-7-12(19-9(2)15)10-3-5-11(6-4-10)13(16)17/h3-7H,1-2H3/b12-7-. The number of non-ortho nitro benzene ring substituents is 1. The molecule has 0 saturated heterocycles. The molecular formula is C12H11NO6. The maximum absolute atomic E-state index is 10.9. The molecule has 0 amide bonds. The Labute approximate surface area is 108 Å². The minimum Gasteiger partial charge on any atom is -0.431 e. The van der Waals surface area contributed by atoms with E-state index < -0.39 is 16.9 Å². The van der Waals surface area contributed by atoms with Crippen molar-refractivity contribution in [1.29, 1.82) is 0 Å². The lowest BCUT2D eigenvalue weighted by molar-refractivity contribution is -0.384. The fourth-order valence-electron chi connectivity index (χ4n) is 1.19. The first-order chi connectivity index (χ1) is 8.90. The molecule has 1 aromatic carbocycles. The van der Waals surface area contributed by atoms with Crippen LogP contribution in [0.4, 0.5) is 5.69 Å². The van der Waals surface area contributed by atoms with Crippen molar-refractivity contribution < 1.29 is 24.0 Å². The van der Waals surface area contributed by atoms with Crippen molar-refractivity contribution in [3.05, 3.63) is 46.2 Å². The molecule has 0 aromatic heterocycles. The summed E-state index contributed by atoms with van der Waals surface area (Å²) in [7, 11) is 0. The molecule has 19 heavy (non-hydrogen) atoms. The Hall–Kier alpha value is -2.70. The molecule has 0 unspecified atom stereocenters. The predicted octanol–water partition coefficient (Wildman–Crippen LogP) is 2.02. The lowest BCUT2D eigenvalue weighted by Crippen LogP contribution is -2.01. The van der Waals surface area contributed by atoms with Gasteiger partial charge in [0.05, 0.1) is 4.92 Å². The highest BCUT2D eigenvalue weighted by molar-refractivity contribution is 5.77. The second-order valence-corrected chi connectivity index (χ2v) is 3.49. The van der Waals surface area contributed by atoms with Crippen LogP contribution in [0.1, 0.15) is 19.4 Å². The van der Waals surface area contributed by atoms with Gasteiger partial charge in [0.15, 0.2) is 5.76 Å². The van der Waals surface area contributed by atoms with Crippen LogP contribution in [0.5, 0.6) is 0 Å². The van der Waals surface area contributed by atoms with Crippen LogP contribution >= 0.6 is 0 Å². The van der Waals surface area contributed by atoms with Gasteiger partial charge in [0.2, 0.25) is 0 Å². The molecule has 1 aromatic rings. The van der Waals surface area contributed by atoms with Crippen LogP contribution in [0, 0.1) is 10.1 Å². The Balaban J connectivity index is 3.03. The first-order valence-corrected chi connectivity index (χ1v) is 5.21. The third-order valence-electron chi connectivity index (χ3n) is 1.95. The molecule has 0 aliphatic carbocycles. The number of hydrogen-bond acceptors (Lipinski definition) is 6. The maximum Gasteiger partial charge on any atom is 0.308 e. The minimum atomic E-state index is -0.600. The van der Waals surface area contributed by atoms with Crippen LogP contribution in [0.2, 0.25) is 0 Å². The Bertz CT molecular complexity index is 532. The minimum absolute atomic E-state index is 0.00222. The number of nitro benzene ring substituents is 1. The summed E-state index contributed by atoms with van der Waals surface area (Å²) in [5.41, 5.74) is 0.278. The van der Waals surface area contributed by atoms with Gasteiger partial charge in [-0.25, -0.2) is 0 Å². The van der Waals surface area contributed by atoms with Gasteiger partial charge in [-0.05, 0) is 12.1 Å². The zero-order chi connectivity index (χ0) is 14.4. The molecule has 7 nitrogen and oxygen atoms in total. The SMILES string of the molecule is CC(=O)O/C=C(\OC(C)=O)c1ccc([N+](=O)[O-])cc1. The predicted molar refractivity (Wildman–Crippen MR) is 64.6 cm³/mol. The lowest BCUT2D eigenvalue weighted by atomic mass is 10.2. The van der Waals surface area contributed by atoms with Crippen molar-refractivity contribution in [1.82, 2.24) is 0 Å². The summed E-state index contributed by atoms with van der Waals surface area (Å²) in [5.74, 6) is -1.18. The first-order valence-electron chi connectivity index (χ1n) is 5.21. The zero-order valence-corrected chi connectivity index (χ0v) is 10.3. The fraction of sp³-hybridized carbons (Fsp3) is 0.167. The molecule has 0 aliphatic rings. The van der Waals surface area contributed by atoms with Gasteiger partial charge < -0.3 is 9.47 Å². The van der Waals surface area contributed by atoms with Gasteiger partial charge in [-0.1, -0.05) is 0 Å². The zero-order valence-electron chi connectivity index (χ0n) is 10.3. The fourth-order valence-corrected chi connectivity index (χ4v) is 1.19. The molecule has 0 radical (unpaired) electrons. The van der Waals surface area contributed by atoms with E-state index in [1.54, 1.807) is 0 Å². The van der Waals surface area contributed by atoms with E-state index in [0.717, 1.165) is 6.26 Å². The van der Waals surface area contributed by atoms with Gasteiger partial charge in [-0.2, -0.15) is 0 Å². The van der Waals surface area contributed by atoms with Gasteiger partial charge in [0.25, 0.3) is 5.69 Å². The van der Waals surface area contributed by atoms with E-state index in [9.17, 15) is 19.7 Å². The molecule has 1 rings (SSSR count). The van der Waals surface area contributed by atoms with E-state index in [4.69, 9.17) is 4.74 Å². The summed E-state index contributed by atoms with van der Waals surface area (Å²) in [6.07, 6.45) is 0.977. The van der Waals surface area contributed by atoms with Crippen LogP contribution < -0.4 is 0 Å². The molecule has 100 valence electrons. The molecule has 7 heteroatoms. The van der Waals surface area contributed by atoms with E-state index in [1.165, 1.54) is 38.1 Å². The summed E-state index contributed by atoms with van der Waals surface area (Å²) >= 11 is 0. The summed E-state index contributed by atoms with van der Waals surface area (Å²) < 4.78 is 9.49. The van der Waals surface area contributed by atoms with Gasteiger partial charge in [-0.15, -0.1) is 0 Å². The third kappa shape index (κ3) is 4.58. The number of rotatable bonds is 4. The molecular weight excluding hydrogens is 254 g/mol. The number of hydrogen-bond donors (Lipinski definition) is 0. The van der Waals surface area contributed by atoms with Crippen molar-refractivity contribution in [3.63, 3.8) is 0 Å². The molecule has 0 atom stereocenters. The van der Waals surface area contributed by atoms with Gasteiger partial charge in [0, 0.05) is 31.5 Å². The van der Waals surface area contributed by atoms with Crippen LogP contribution in [0.25, 0.3) is 5.76 Å². The van der Waals surface area contributed by atoms with E-state index >= 15 is 0 Å². The van der Waals surface area contributed by atoms with Crippen LogP contribution in [-0.4, -0.2) is 16.9 Å². The summed E-state index contributed by atoms with van der Waals surface area (Å²) in [4.78, 5) is 31.6. The van der Waals surface area contributed by atoms with E-state index in [0.29, 0.717) is 5.56 Å². The van der Waals surface area contributed by atoms with E-state index in [1.807, 2.05) is 0 Å². The summed E-state index contributed by atoms with van der Waals surface area (Å²) in [6, 6.07) is 5.27. The van der Waals surface area contributed by atoms with Crippen LogP contribution in [0.3, 0.4) is 0 Å². The molecule has 0 aliphatic heterocycles. The largest absolute Gasteiger partial charge is 0.431 e. The van der Waals surface area contributed by atoms with Crippen molar-refractivity contribution >= 4 is 23.4 Å². The number of nitrogens with zero attached hydrogens (tertiary/aromatic N) is 1. The number of esters is 2. The van der Waals surface area contributed by atoms with Gasteiger partial charge >= 0.3 is 11.9 Å². The smallest absolute Gasteiger partial charge is 0.308 e. The van der Waals surface area contributed by atoms with Crippen molar-refractivity contribution in [2.24, 2.45) is 0 Å². The second kappa shape index (κ2) is 6.29. The van der Waals surface area contributed by atoms with Crippen molar-refractivity contribution in [2.75, 3.05) is 0 Å². The topological polar surface area (TPSA) is 95.7 Å². The highest BCUT2D eigenvalue weighted by Gasteiger charge is 2.10. The number of benzene rings is 1. The van der Waals surface area contributed by atoms with Crippen LogP contribution in [-0.2, 0) is 19.1 Å². The Morgan fingerprint density at radius 2 is 1.74 bits per heavy atom. The molecule has 0 spiro atoms. The Kier molecular flexibility index (Phi) is 4.76. The normalized spacial score (nSPS) is 10.7. The summed E-state index contributed by atoms with van der Waals surface area (Å²) in [6.45, 7) is 2.38. The molecule has 0 bridgehead atoms. The number of carbonyl (C=O) groups excluding carboxylic acids is 2. The highest BCUT2D eigenvalue weighted by atomic mass is 16.6. The summed E-state index contributed by atoms with van der Waals surface area (Å²) in [5, 5.41) is 10.5. The maximum atomic E-state index is 10.9. The second-order valence-electron chi connectivity index (χ2n) is 3.49. The number of nitro groups is 1. The number of ether oxygens (including phenoxy) is 2. The molecule has 0 heterocycles. The Morgan fingerprint density at radius 1 is 1.16 bits per heavy atom. The number of carbonyl (C=O) groups is 2. The van der Waals surface area contributed by atoms with Crippen LogP contribution in [0.15, 0.2) is 30.5 Å². The van der Waals surface area contributed by atoms with E-state index in [2.05, 4.69) is 4.74 Å². The monoisotopic (exact) mass is 265 g/mol. The quantitative estimate of drug-likeness (QED) is 0.357. The molecule has 0 saturated carbocycles. The molecule has 0 N–H and O–H groups in total. The van der Waals surface area contributed by atoms with Crippen molar-refractivity contribution in [2.45, 2.75) is 13.8 Å². The first kappa shape index (κ1) is 14.4. The third-order valence-corrected chi connectivity index (χ3v) is 1.95. The molecule has 0 fully saturated rings. The highest BCUT2D eigenvalue weighted by Crippen LogP contribution is 2.20. The van der Waals surface area contributed by atoms with E-state index in [-0.39, 0.29) is 11.4 Å². The van der Waals surface area contributed by atoms with Gasteiger partial charge in [-0.3, -0.25) is 19.7 Å². The average molecular weight is 265 g/mol. The van der Waals surface area contributed by atoms with Crippen molar-refractivity contribution in [3.8, 4) is 0 Å².